The molecule has 0 radical (unpaired) electrons. The monoisotopic (exact) mass is 251 g/mol. The van der Waals surface area contributed by atoms with E-state index in [-0.39, 0.29) is 12.5 Å². The normalized spacial score (nSPS) is 28.0. The van der Waals surface area contributed by atoms with Crippen molar-refractivity contribution < 1.29 is 9.50 Å². The zero-order valence-electron chi connectivity index (χ0n) is 9.75. The number of hydrogen-bond acceptors (Lipinski definition) is 5. The van der Waals surface area contributed by atoms with Gasteiger partial charge in [-0.15, -0.1) is 0 Å². The van der Waals surface area contributed by atoms with Crippen LogP contribution in [0.25, 0.3) is 11.2 Å². The Hall–Kier alpha value is -1.76. The molecule has 3 N–H and O–H groups in total. The van der Waals surface area contributed by atoms with Crippen LogP contribution in [0.5, 0.6) is 0 Å². The largest absolute Gasteiger partial charge is 0.393 e. The average Bonchev–Trinajstić information content (AvgIpc) is 2.94. The van der Waals surface area contributed by atoms with E-state index in [0.29, 0.717) is 29.8 Å². The molecule has 0 saturated heterocycles. The van der Waals surface area contributed by atoms with Gasteiger partial charge in [-0.05, 0) is 12.8 Å². The molecule has 1 fully saturated rings. The summed E-state index contributed by atoms with van der Waals surface area (Å²) in [5, 5.41) is 9.05. The zero-order valence-corrected chi connectivity index (χ0v) is 9.75. The van der Waals surface area contributed by atoms with Gasteiger partial charge in [-0.2, -0.15) is 0 Å². The molecular weight excluding hydrogens is 237 g/mol. The van der Waals surface area contributed by atoms with Gasteiger partial charge in [0.1, 0.15) is 17.5 Å². The van der Waals surface area contributed by atoms with E-state index >= 15 is 0 Å². The molecule has 0 aromatic carbocycles. The van der Waals surface area contributed by atoms with E-state index in [1.807, 2.05) is 4.57 Å². The van der Waals surface area contributed by atoms with Crippen LogP contribution in [0.15, 0.2) is 12.7 Å². The van der Waals surface area contributed by atoms with Crippen LogP contribution in [0, 0.1) is 0 Å². The molecule has 0 amide bonds. The number of rotatable bonds is 2. The van der Waals surface area contributed by atoms with Crippen molar-refractivity contribution in [2.24, 2.45) is 0 Å². The summed E-state index contributed by atoms with van der Waals surface area (Å²) in [5.41, 5.74) is 5.38. The Bertz CT molecular complexity index is 586. The maximum absolute atomic E-state index is 14.0. The number of halogens is 1. The molecule has 2 aromatic heterocycles. The van der Waals surface area contributed by atoms with E-state index in [4.69, 9.17) is 10.8 Å². The third kappa shape index (κ3) is 1.62. The SMILES string of the molecule is Nc1ncnc2c1ncn2[C@@H]1CC[C@](F)(CO)C1. The van der Waals surface area contributed by atoms with Crippen LogP contribution < -0.4 is 5.73 Å². The highest BCUT2D eigenvalue weighted by Crippen LogP contribution is 2.41. The highest BCUT2D eigenvalue weighted by Gasteiger charge is 2.40. The number of imidazole rings is 1. The number of fused-ring (bicyclic) bond motifs is 1. The number of aliphatic hydroxyl groups excluding tert-OH is 1. The van der Waals surface area contributed by atoms with Crippen LogP contribution in [0.4, 0.5) is 10.2 Å². The molecule has 0 spiro atoms. The summed E-state index contributed by atoms with van der Waals surface area (Å²) in [6.07, 6.45) is 4.28. The van der Waals surface area contributed by atoms with Crippen molar-refractivity contribution in [2.75, 3.05) is 12.3 Å². The molecule has 2 atom stereocenters. The van der Waals surface area contributed by atoms with E-state index in [2.05, 4.69) is 15.0 Å². The minimum Gasteiger partial charge on any atom is -0.393 e. The first-order chi connectivity index (χ1) is 8.63. The summed E-state index contributed by atoms with van der Waals surface area (Å²) in [7, 11) is 0. The van der Waals surface area contributed by atoms with E-state index in [0.717, 1.165) is 0 Å². The fraction of sp³-hybridized carbons (Fsp3) is 0.545. The van der Waals surface area contributed by atoms with Crippen molar-refractivity contribution >= 4 is 17.0 Å². The molecule has 3 rings (SSSR count). The van der Waals surface area contributed by atoms with E-state index < -0.39 is 12.3 Å². The molecule has 1 saturated carbocycles. The molecule has 2 aromatic rings. The molecule has 7 heteroatoms. The second-order valence-electron chi connectivity index (χ2n) is 4.79. The lowest BCUT2D eigenvalue weighted by molar-refractivity contribution is 0.0741. The lowest BCUT2D eigenvalue weighted by Crippen LogP contribution is -2.24. The third-order valence-electron chi connectivity index (χ3n) is 3.59. The van der Waals surface area contributed by atoms with Crippen LogP contribution >= 0.6 is 0 Å². The first-order valence-corrected chi connectivity index (χ1v) is 5.86. The van der Waals surface area contributed by atoms with Gasteiger partial charge in [-0.3, -0.25) is 0 Å². The van der Waals surface area contributed by atoms with Crippen LogP contribution in [-0.4, -0.2) is 36.9 Å². The standard InChI is InChI=1S/C11H14FN5O/c12-11(4-18)2-1-7(3-11)17-6-16-8-9(13)14-5-15-10(8)17/h5-7,18H,1-4H2,(H2,13,14,15)/t7-,11-/m1/s1. The summed E-state index contributed by atoms with van der Waals surface area (Å²) in [6.45, 7) is -0.437. The maximum atomic E-state index is 14.0. The number of nitrogens with two attached hydrogens (primary N) is 1. The molecule has 1 aliphatic rings. The first-order valence-electron chi connectivity index (χ1n) is 5.86. The number of aliphatic hydroxyl groups is 1. The van der Waals surface area contributed by atoms with Gasteiger partial charge < -0.3 is 15.4 Å². The highest BCUT2D eigenvalue weighted by atomic mass is 19.1. The number of alkyl halides is 1. The highest BCUT2D eigenvalue weighted by molar-refractivity contribution is 5.81. The second-order valence-corrected chi connectivity index (χ2v) is 4.79. The molecule has 0 unspecified atom stereocenters. The van der Waals surface area contributed by atoms with Crippen molar-refractivity contribution in [3.8, 4) is 0 Å². The summed E-state index contributed by atoms with van der Waals surface area (Å²) in [4.78, 5) is 12.2. The Balaban J connectivity index is 1.99. The molecular formula is C11H14FN5O. The van der Waals surface area contributed by atoms with Gasteiger partial charge in [-0.25, -0.2) is 19.3 Å². The lowest BCUT2D eigenvalue weighted by Gasteiger charge is -2.17. The van der Waals surface area contributed by atoms with Crippen molar-refractivity contribution in [2.45, 2.75) is 31.0 Å². The van der Waals surface area contributed by atoms with Gasteiger partial charge in [0.2, 0.25) is 0 Å². The summed E-state index contributed by atoms with van der Waals surface area (Å²) in [6, 6.07) is -0.0403. The van der Waals surface area contributed by atoms with Crippen molar-refractivity contribution in [1.82, 2.24) is 19.5 Å². The average molecular weight is 251 g/mol. The first kappa shape index (κ1) is 11.3. The van der Waals surface area contributed by atoms with Gasteiger partial charge in [0.05, 0.1) is 12.9 Å². The van der Waals surface area contributed by atoms with Crippen LogP contribution in [0.2, 0.25) is 0 Å². The summed E-state index contributed by atoms with van der Waals surface area (Å²) in [5.74, 6) is 0.324. The Kier molecular flexibility index (Phi) is 2.44. The minimum atomic E-state index is -1.49. The topological polar surface area (TPSA) is 89.9 Å². The maximum Gasteiger partial charge on any atom is 0.165 e. The number of nitrogen functional groups attached to an aromatic ring is 1. The zero-order chi connectivity index (χ0) is 12.8. The van der Waals surface area contributed by atoms with E-state index in [1.165, 1.54) is 6.33 Å². The predicted octanol–water partition coefficient (Wildman–Crippen LogP) is 0.834. The number of anilines is 1. The van der Waals surface area contributed by atoms with Gasteiger partial charge in [0, 0.05) is 12.5 Å². The minimum absolute atomic E-state index is 0.0403. The molecule has 6 nitrogen and oxygen atoms in total. The number of nitrogens with zero attached hydrogens (tertiary/aromatic N) is 4. The Morgan fingerprint density at radius 1 is 1.50 bits per heavy atom. The van der Waals surface area contributed by atoms with Crippen molar-refractivity contribution in [3.05, 3.63) is 12.7 Å². The molecule has 1 aliphatic carbocycles. The quantitative estimate of drug-likeness (QED) is 0.825. The van der Waals surface area contributed by atoms with Crippen molar-refractivity contribution in [1.29, 1.82) is 0 Å². The molecule has 2 heterocycles. The van der Waals surface area contributed by atoms with Crippen LogP contribution in [0.3, 0.4) is 0 Å². The van der Waals surface area contributed by atoms with Crippen LogP contribution in [0.1, 0.15) is 25.3 Å². The van der Waals surface area contributed by atoms with Gasteiger partial charge in [-0.1, -0.05) is 0 Å². The van der Waals surface area contributed by atoms with Gasteiger partial charge in [0.25, 0.3) is 0 Å². The third-order valence-corrected chi connectivity index (χ3v) is 3.59. The smallest absolute Gasteiger partial charge is 0.165 e. The summed E-state index contributed by atoms with van der Waals surface area (Å²) < 4.78 is 15.8. The van der Waals surface area contributed by atoms with Crippen molar-refractivity contribution in [3.63, 3.8) is 0 Å². The molecule has 96 valence electrons. The predicted molar refractivity (Wildman–Crippen MR) is 63.5 cm³/mol. The van der Waals surface area contributed by atoms with E-state index in [1.54, 1.807) is 6.33 Å². The fourth-order valence-corrected chi connectivity index (χ4v) is 2.57. The van der Waals surface area contributed by atoms with Crippen LogP contribution in [-0.2, 0) is 0 Å². The Morgan fingerprint density at radius 3 is 3.06 bits per heavy atom. The fourth-order valence-electron chi connectivity index (χ4n) is 2.57. The molecule has 18 heavy (non-hydrogen) atoms. The molecule has 0 bridgehead atoms. The number of aromatic nitrogens is 4. The van der Waals surface area contributed by atoms with E-state index in [9.17, 15) is 4.39 Å². The second kappa shape index (κ2) is 3.88. The lowest BCUT2D eigenvalue weighted by atomic mass is 10.1. The van der Waals surface area contributed by atoms with Gasteiger partial charge in [0.15, 0.2) is 11.5 Å². The summed E-state index contributed by atoms with van der Waals surface area (Å²) >= 11 is 0. The Labute approximate surface area is 103 Å². The van der Waals surface area contributed by atoms with Gasteiger partial charge >= 0.3 is 0 Å². The molecule has 0 aliphatic heterocycles. The number of hydrogen-bond donors (Lipinski definition) is 2. The Morgan fingerprint density at radius 2 is 2.33 bits per heavy atom.